The first-order chi connectivity index (χ1) is 17.6. The standard InChI is InChI=1S/C26H30N8O2/c1-3-28-25(35)20-16-29-26(30-18-7-8-21-17(15-18)11-14-34(21)2)33-24(20)32-22-5-4-6-23(31-22)36-19-9-12-27-13-10-19/h4-8,11,14-16,19,27H,3,9-10,12-13H2,1-2H3,(H,28,35)(H2,29,30,31,32,33). The second-order valence-corrected chi connectivity index (χ2v) is 8.69. The minimum Gasteiger partial charge on any atom is -0.474 e. The molecule has 1 aliphatic rings. The van der Waals surface area contributed by atoms with Crippen molar-refractivity contribution in [3.63, 3.8) is 0 Å². The summed E-state index contributed by atoms with van der Waals surface area (Å²) in [5.74, 6) is 1.52. The number of aromatic nitrogens is 4. The Morgan fingerprint density at radius 3 is 2.83 bits per heavy atom. The van der Waals surface area contributed by atoms with Crippen LogP contribution in [0.15, 0.2) is 54.9 Å². The van der Waals surface area contributed by atoms with Crippen molar-refractivity contribution in [3.8, 4) is 5.88 Å². The van der Waals surface area contributed by atoms with E-state index >= 15 is 0 Å². The van der Waals surface area contributed by atoms with Gasteiger partial charge in [0.05, 0.1) is 0 Å². The van der Waals surface area contributed by atoms with E-state index in [2.05, 4.69) is 46.9 Å². The molecule has 36 heavy (non-hydrogen) atoms. The Morgan fingerprint density at radius 1 is 1.14 bits per heavy atom. The minimum atomic E-state index is -0.264. The Kier molecular flexibility index (Phi) is 6.94. The molecule has 0 spiro atoms. The zero-order valence-electron chi connectivity index (χ0n) is 20.4. The highest BCUT2D eigenvalue weighted by Crippen LogP contribution is 2.25. The maximum Gasteiger partial charge on any atom is 0.256 e. The van der Waals surface area contributed by atoms with E-state index in [1.165, 1.54) is 6.20 Å². The van der Waals surface area contributed by atoms with Gasteiger partial charge in [-0.05, 0) is 63.2 Å². The quantitative estimate of drug-likeness (QED) is 0.298. The van der Waals surface area contributed by atoms with Gasteiger partial charge >= 0.3 is 0 Å². The number of anilines is 4. The lowest BCUT2D eigenvalue weighted by atomic mass is 10.1. The number of carbonyl (C=O) groups excluding carboxylic acids is 1. The molecule has 4 heterocycles. The number of nitrogens with zero attached hydrogens (tertiary/aromatic N) is 4. The van der Waals surface area contributed by atoms with Gasteiger partial charge < -0.3 is 30.6 Å². The van der Waals surface area contributed by atoms with E-state index in [0.717, 1.165) is 42.5 Å². The average Bonchev–Trinajstić information content (AvgIpc) is 3.25. The molecule has 1 saturated heterocycles. The van der Waals surface area contributed by atoms with Crippen LogP contribution >= 0.6 is 0 Å². The topological polar surface area (TPSA) is 118 Å². The van der Waals surface area contributed by atoms with Crippen LogP contribution in [-0.4, -0.2) is 51.2 Å². The largest absolute Gasteiger partial charge is 0.474 e. The Labute approximate surface area is 209 Å². The summed E-state index contributed by atoms with van der Waals surface area (Å²) in [6.45, 7) is 4.23. The molecule has 1 amide bonds. The number of amides is 1. The summed E-state index contributed by atoms with van der Waals surface area (Å²) in [5, 5.41) is 13.7. The molecular formula is C26H30N8O2. The summed E-state index contributed by atoms with van der Waals surface area (Å²) in [6, 6.07) is 13.6. The molecule has 1 aromatic carbocycles. The van der Waals surface area contributed by atoms with Gasteiger partial charge in [0, 0.05) is 48.6 Å². The Morgan fingerprint density at radius 2 is 2.00 bits per heavy atom. The molecule has 10 nitrogen and oxygen atoms in total. The van der Waals surface area contributed by atoms with Crippen LogP contribution in [0.4, 0.5) is 23.3 Å². The molecule has 0 aliphatic carbocycles. The highest BCUT2D eigenvalue weighted by Gasteiger charge is 2.17. The van der Waals surface area contributed by atoms with Crippen molar-refractivity contribution in [2.75, 3.05) is 30.3 Å². The second-order valence-electron chi connectivity index (χ2n) is 8.69. The smallest absolute Gasteiger partial charge is 0.256 e. The maximum atomic E-state index is 12.7. The molecule has 4 aromatic rings. The van der Waals surface area contributed by atoms with Crippen LogP contribution in [0.2, 0.25) is 0 Å². The molecule has 10 heteroatoms. The summed E-state index contributed by atoms with van der Waals surface area (Å²) in [5.41, 5.74) is 2.31. The van der Waals surface area contributed by atoms with E-state index in [-0.39, 0.29) is 12.0 Å². The van der Waals surface area contributed by atoms with Crippen LogP contribution in [0.1, 0.15) is 30.1 Å². The fraction of sp³-hybridized carbons (Fsp3) is 0.308. The third-order valence-corrected chi connectivity index (χ3v) is 6.06. The van der Waals surface area contributed by atoms with Crippen LogP contribution in [0.3, 0.4) is 0 Å². The molecule has 0 unspecified atom stereocenters. The number of hydrogen-bond acceptors (Lipinski definition) is 8. The highest BCUT2D eigenvalue weighted by atomic mass is 16.5. The first-order valence-corrected chi connectivity index (χ1v) is 12.2. The van der Waals surface area contributed by atoms with Gasteiger partial charge in [-0.3, -0.25) is 4.79 Å². The van der Waals surface area contributed by atoms with Gasteiger partial charge in [-0.15, -0.1) is 0 Å². The predicted octanol–water partition coefficient (Wildman–Crippen LogP) is 3.73. The molecule has 0 saturated carbocycles. The maximum absolute atomic E-state index is 12.7. The number of ether oxygens (including phenoxy) is 1. The average molecular weight is 487 g/mol. The summed E-state index contributed by atoms with van der Waals surface area (Å²) in [6.07, 6.45) is 5.55. The van der Waals surface area contributed by atoms with Crippen molar-refractivity contribution >= 4 is 40.1 Å². The van der Waals surface area contributed by atoms with Gasteiger partial charge in [-0.2, -0.15) is 9.97 Å². The zero-order chi connectivity index (χ0) is 24.9. The number of fused-ring (bicyclic) bond motifs is 1. The van der Waals surface area contributed by atoms with Crippen molar-refractivity contribution in [2.24, 2.45) is 7.05 Å². The SMILES string of the molecule is CCNC(=O)c1cnc(Nc2ccc3c(ccn3C)c2)nc1Nc1cccc(OC2CCNCC2)n1. The van der Waals surface area contributed by atoms with Gasteiger partial charge in [0.25, 0.3) is 5.91 Å². The number of piperidine rings is 1. The Bertz CT molecular complexity index is 1360. The lowest BCUT2D eigenvalue weighted by Gasteiger charge is -2.23. The highest BCUT2D eigenvalue weighted by molar-refractivity contribution is 5.99. The number of nitrogens with one attached hydrogen (secondary N) is 4. The molecule has 186 valence electrons. The third-order valence-electron chi connectivity index (χ3n) is 6.06. The van der Waals surface area contributed by atoms with Gasteiger partial charge in [-0.25, -0.2) is 4.98 Å². The minimum absolute atomic E-state index is 0.136. The first kappa shape index (κ1) is 23.6. The van der Waals surface area contributed by atoms with Crippen LogP contribution in [0, 0.1) is 0 Å². The molecule has 1 fully saturated rings. The fourth-order valence-corrected chi connectivity index (χ4v) is 4.20. The normalized spacial score (nSPS) is 13.9. The summed E-state index contributed by atoms with van der Waals surface area (Å²) in [4.78, 5) is 26.3. The van der Waals surface area contributed by atoms with Gasteiger partial charge in [0.2, 0.25) is 11.8 Å². The molecule has 0 radical (unpaired) electrons. The molecular weight excluding hydrogens is 456 g/mol. The summed E-state index contributed by atoms with van der Waals surface area (Å²) < 4.78 is 8.14. The summed E-state index contributed by atoms with van der Waals surface area (Å²) in [7, 11) is 2.01. The monoisotopic (exact) mass is 486 g/mol. The van der Waals surface area contributed by atoms with Gasteiger partial charge in [-0.1, -0.05) is 6.07 Å². The third kappa shape index (κ3) is 5.38. The lowest BCUT2D eigenvalue weighted by molar-refractivity contribution is 0.0956. The predicted molar refractivity (Wildman–Crippen MR) is 140 cm³/mol. The van der Waals surface area contributed by atoms with E-state index in [9.17, 15) is 4.79 Å². The second kappa shape index (κ2) is 10.6. The van der Waals surface area contributed by atoms with Crippen molar-refractivity contribution < 1.29 is 9.53 Å². The van der Waals surface area contributed by atoms with Crippen LogP contribution in [0.25, 0.3) is 10.9 Å². The molecule has 0 bridgehead atoms. The van der Waals surface area contributed by atoms with E-state index < -0.39 is 0 Å². The van der Waals surface area contributed by atoms with Crippen molar-refractivity contribution in [2.45, 2.75) is 25.9 Å². The first-order valence-electron chi connectivity index (χ1n) is 12.2. The van der Waals surface area contributed by atoms with Gasteiger partial charge in [0.1, 0.15) is 23.3 Å². The number of hydrogen-bond donors (Lipinski definition) is 4. The van der Waals surface area contributed by atoms with E-state index in [1.807, 2.05) is 56.6 Å². The zero-order valence-corrected chi connectivity index (χ0v) is 20.4. The Hall–Kier alpha value is -4.18. The van der Waals surface area contributed by atoms with Crippen LogP contribution in [0.5, 0.6) is 5.88 Å². The van der Waals surface area contributed by atoms with Gasteiger partial charge in [0.15, 0.2) is 0 Å². The molecule has 5 rings (SSSR count). The van der Waals surface area contributed by atoms with E-state index in [1.54, 1.807) is 0 Å². The van der Waals surface area contributed by atoms with E-state index in [0.29, 0.717) is 35.6 Å². The molecule has 0 atom stereocenters. The summed E-state index contributed by atoms with van der Waals surface area (Å²) >= 11 is 0. The van der Waals surface area contributed by atoms with Crippen LogP contribution < -0.4 is 26.0 Å². The molecule has 4 N–H and O–H groups in total. The number of pyridine rings is 1. The lowest BCUT2D eigenvalue weighted by Crippen LogP contribution is -2.34. The Balaban J connectivity index is 1.39. The van der Waals surface area contributed by atoms with Crippen molar-refractivity contribution in [1.29, 1.82) is 0 Å². The van der Waals surface area contributed by atoms with E-state index in [4.69, 9.17) is 4.74 Å². The number of aryl methyl sites for hydroxylation is 1. The number of rotatable bonds is 8. The van der Waals surface area contributed by atoms with Crippen molar-refractivity contribution in [1.82, 2.24) is 30.2 Å². The van der Waals surface area contributed by atoms with Crippen LogP contribution in [-0.2, 0) is 7.05 Å². The number of benzene rings is 1. The van der Waals surface area contributed by atoms with Crippen molar-refractivity contribution in [3.05, 3.63) is 60.4 Å². The number of carbonyl (C=O) groups is 1. The fourth-order valence-electron chi connectivity index (χ4n) is 4.20. The molecule has 1 aliphatic heterocycles. The molecule has 3 aromatic heterocycles.